The Hall–Kier alpha value is -3.42. The first-order chi connectivity index (χ1) is 14.8. The van der Waals surface area contributed by atoms with E-state index in [0.717, 1.165) is 24.1 Å². The highest BCUT2D eigenvalue weighted by Gasteiger charge is 2.34. The summed E-state index contributed by atoms with van der Waals surface area (Å²) in [6.07, 6.45) is 4.93. The minimum Gasteiger partial charge on any atom is -0.347 e. The van der Waals surface area contributed by atoms with Crippen molar-refractivity contribution in [2.45, 2.75) is 32.7 Å². The van der Waals surface area contributed by atoms with Crippen molar-refractivity contribution in [3.63, 3.8) is 0 Å². The molecule has 1 aliphatic heterocycles. The molecule has 160 valence electrons. The lowest BCUT2D eigenvalue weighted by atomic mass is 9.99. The molecule has 4 rings (SSSR count). The summed E-state index contributed by atoms with van der Waals surface area (Å²) >= 11 is 0. The first kappa shape index (κ1) is 20.8. The second-order valence-corrected chi connectivity index (χ2v) is 7.95. The average molecular weight is 420 g/mol. The number of aryl methyl sites for hydroxylation is 2. The SMILES string of the molecule is Cc1ncc(C(=O)N2CCC[C@@H]2c2nc(N(C)C)ncc2-c2cccc(F)c2)c(C)n1. The standard InChI is InChI=1S/C23H25FN6O/c1-14-18(12-25-15(2)27-14)22(31)30-10-6-9-20(30)21-19(13-26-23(28-21)29(3)4)16-7-5-8-17(24)11-16/h5,7-8,11-13,20H,6,9-10H2,1-4H3/t20-/m1/s1. The molecule has 0 saturated carbocycles. The van der Waals surface area contributed by atoms with Crippen molar-refractivity contribution >= 4 is 11.9 Å². The number of aromatic nitrogens is 4. The fourth-order valence-corrected chi connectivity index (χ4v) is 3.98. The largest absolute Gasteiger partial charge is 0.347 e. The number of rotatable bonds is 4. The normalized spacial score (nSPS) is 15.9. The minimum absolute atomic E-state index is 0.116. The van der Waals surface area contributed by atoms with E-state index in [2.05, 4.69) is 15.0 Å². The third-order valence-electron chi connectivity index (χ3n) is 5.50. The number of carbonyl (C=O) groups is 1. The van der Waals surface area contributed by atoms with Crippen LogP contribution in [0.5, 0.6) is 0 Å². The number of anilines is 1. The van der Waals surface area contributed by atoms with Crippen molar-refractivity contribution < 1.29 is 9.18 Å². The number of nitrogens with zero attached hydrogens (tertiary/aromatic N) is 6. The van der Waals surface area contributed by atoms with Gasteiger partial charge in [0.25, 0.3) is 5.91 Å². The van der Waals surface area contributed by atoms with Gasteiger partial charge in [-0.15, -0.1) is 0 Å². The van der Waals surface area contributed by atoms with Crippen molar-refractivity contribution in [1.82, 2.24) is 24.8 Å². The van der Waals surface area contributed by atoms with E-state index in [1.54, 1.807) is 25.4 Å². The third kappa shape index (κ3) is 4.10. The van der Waals surface area contributed by atoms with Gasteiger partial charge < -0.3 is 9.80 Å². The smallest absolute Gasteiger partial charge is 0.257 e. The van der Waals surface area contributed by atoms with Gasteiger partial charge >= 0.3 is 0 Å². The van der Waals surface area contributed by atoms with Gasteiger partial charge in [0.2, 0.25) is 5.95 Å². The molecule has 8 heteroatoms. The van der Waals surface area contributed by atoms with Crippen molar-refractivity contribution in [3.8, 4) is 11.1 Å². The van der Waals surface area contributed by atoms with Crippen LogP contribution in [0.2, 0.25) is 0 Å². The predicted molar refractivity (Wildman–Crippen MR) is 116 cm³/mol. The van der Waals surface area contributed by atoms with Crippen LogP contribution in [0.15, 0.2) is 36.7 Å². The molecule has 31 heavy (non-hydrogen) atoms. The second-order valence-electron chi connectivity index (χ2n) is 7.95. The number of amides is 1. The molecule has 2 aromatic heterocycles. The summed E-state index contributed by atoms with van der Waals surface area (Å²) in [5, 5.41) is 0. The minimum atomic E-state index is -0.327. The maximum Gasteiger partial charge on any atom is 0.257 e. The van der Waals surface area contributed by atoms with E-state index < -0.39 is 0 Å². The lowest BCUT2D eigenvalue weighted by molar-refractivity contribution is 0.0731. The Bertz CT molecular complexity index is 1130. The molecule has 0 bridgehead atoms. The number of hydrogen-bond donors (Lipinski definition) is 0. The topological polar surface area (TPSA) is 75.1 Å². The second kappa shape index (κ2) is 8.37. The summed E-state index contributed by atoms with van der Waals surface area (Å²) in [7, 11) is 3.73. The van der Waals surface area contributed by atoms with Gasteiger partial charge in [-0.05, 0) is 44.4 Å². The van der Waals surface area contributed by atoms with E-state index in [-0.39, 0.29) is 17.8 Å². The maximum atomic E-state index is 13.9. The van der Waals surface area contributed by atoms with Crippen LogP contribution in [0.25, 0.3) is 11.1 Å². The molecule has 1 aliphatic rings. The zero-order chi connectivity index (χ0) is 22.1. The molecule has 0 aliphatic carbocycles. The van der Waals surface area contributed by atoms with Gasteiger partial charge in [0.05, 0.1) is 23.0 Å². The molecule has 0 radical (unpaired) electrons. The Morgan fingerprint density at radius 3 is 2.68 bits per heavy atom. The quantitative estimate of drug-likeness (QED) is 0.640. The molecule has 0 unspecified atom stereocenters. The molecule has 1 amide bonds. The van der Waals surface area contributed by atoms with Crippen LogP contribution in [0.4, 0.5) is 10.3 Å². The molecule has 0 N–H and O–H groups in total. The van der Waals surface area contributed by atoms with Gasteiger partial charge in [-0.25, -0.2) is 24.3 Å². The highest BCUT2D eigenvalue weighted by molar-refractivity contribution is 5.95. The molecular formula is C23H25FN6O. The van der Waals surface area contributed by atoms with Gasteiger partial charge in [-0.1, -0.05) is 12.1 Å². The van der Waals surface area contributed by atoms with E-state index in [0.29, 0.717) is 35.1 Å². The van der Waals surface area contributed by atoms with Gasteiger partial charge in [0, 0.05) is 38.6 Å². The van der Waals surface area contributed by atoms with Crippen molar-refractivity contribution in [2.24, 2.45) is 0 Å². The summed E-state index contributed by atoms with van der Waals surface area (Å²) < 4.78 is 13.9. The summed E-state index contributed by atoms with van der Waals surface area (Å²) in [4.78, 5) is 34.8. The van der Waals surface area contributed by atoms with Crippen molar-refractivity contribution in [1.29, 1.82) is 0 Å². The van der Waals surface area contributed by atoms with Gasteiger partial charge in [0.15, 0.2) is 0 Å². The molecular weight excluding hydrogens is 395 g/mol. The molecule has 0 spiro atoms. The average Bonchev–Trinajstić information content (AvgIpc) is 3.22. The zero-order valence-corrected chi connectivity index (χ0v) is 18.1. The van der Waals surface area contributed by atoms with E-state index >= 15 is 0 Å². The van der Waals surface area contributed by atoms with Crippen LogP contribution >= 0.6 is 0 Å². The first-order valence-corrected chi connectivity index (χ1v) is 10.3. The highest BCUT2D eigenvalue weighted by Crippen LogP contribution is 2.38. The lowest BCUT2D eigenvalue weighted by Gasteiger charge is -2.27. The highest BCUT2D eigenvalue weighted by atomic mass is 19.1. The summed E-state index contributed by atoms with van der Waals surface area (Å²) in [6.45, 7) is 4.23. The Morgan fingerprint density at radius 1 is 1.16 bits per heavy atom. The molecule has 3 heterocycles. The molecule has 1 fully saturated rings. The van der Waals surface area contributed by atoms with Crippen LogP contribution in [0.3, 0.4) is 0 Å². The Balaban J connectivity index is 1.79. The predicted octanol–water partition coefficient (Wildman–Crippen LogP) is 3.73. The molecule has 1 aromatic carbocycles. The fourth-order valence-electron chi connectivity index (χ4n) is 3.98. The number of carbonyl (C=O) groups excluding carboxylic acids is 1. The van der Waals surface area contributed by atoms with E-state index in [4.69, 9.17) is 4.98 Å². The van der Waals surface area contributed by atoms with E-state index in [1.165, 1.54) is 12.1 Å². The first-order valence-electron chi connectivity index (χ1n) is 10.3. The number of hydrogen-bond acceptors (Lipinski definition) is 6. The van der Waals surface area contributed by atoms with Gasteiger partial charge in [-0.2, -0.15) is 0 Å². The molecule has 1 atom stereocenters. The van der Waals surface area contributed by atoms with Gasteiger partial charge in [-0.3, -0.25) is 4.79 Å². The lowest BCUT2D eigenvalue weighted by Crippen LogP contribution is -2.32. The van der Waals surface area contributed by atoms with E-state index in [1.807, 2.05) is 36.9 Å². The fraction of sp³-hybridized carbons (Fsp3) is 0.348. The Morgan fingerprint density at radius 2 is 1.97 bits per heavy atom. The summed E-state index contributed by atoms with van der Waals surface area (Å²) in [6, 6.07) is 6.13. The Labute approximate surface area is 181 Å². The van der Waals surface area contributed by atoms with Crippen LogP contribution in [0.1, 0.15) is 46.5 Å². The van der Waals surface area contributed by atoms with Crippen LogP contribution in [-0.2, 0) is 0 Å². The van der Waals surface area contributed by atoms with Gasteiger partial charge in [0.1, 0.15) is 11.6 Å². The van der Waals surface area contributed by atoms with Crippen LogP contribution < -0.4 is 4.90 Å². The maximum absolute atomic E-state index is 13.9. The van der Waals surface area contributed by atoms with Crippen molar-refractivity contribution in [3.05, 3.63) is 65.3 Å². The van der Waals surface area contributed by atoms with Crippen LogP contribution in [0, 0.1) is 19.7 Å². The molecule has 3 aromatic rings. The Kier molecular flexibility index (Phi) is 5.63. The third-order valence-corrected chi connectivity index (χ3v) is 5.50. The molecule has 1 saturated heterocycles. The van der Waals surface area contributed by atoms with Crippen molar-refractivity contribution in [2.75, 3.05) is 25.5 Å². The number of likely N-dealkylation sites (tertiary alicyclic amines) is 1. The van der Waals surface area contributed by atoms with Crippen LogP contribution in [-0.4, -0.2) is 51.4 Å². The molecule has 7 nitrogen and oxygen atoms in total. The number of halogens is 1. The number of benzene rings is 1. The zero-order valence-electron chi connectivity index (χ0n) is 18.1. The monoisotopic (exact) mass is 420 g/mol. The summed E-state index contributed by atoms with van der Waals surface area (Å²) in [5.74, 6) is 0.735. The van der Waals surface area contributed by atoms with E-state index in [9.17, 15) is 9.18 Å². The summed E-state index contributed by atoms with van der Waals surface area (Å²) in [5.41, 5.74) is 3.29.